The zero-order valence-electron chi connectivity index (χ0n) is 16.8. The molecule has 0 unspecified atom stereocenters. The first kappa shape index (κ1) is 21.4. The van der Waals surface area contributed by atoms with Crippen molar-refractivity contribution in [1.82, 2.24) is 9.29 Å². The molecule has 1 heterocycles. The summed E-state index contributed by atoms with van der Waals surface area (Å²) in [5.74, 6) is 1.17. The van der Waals surface area contributed by atoms with Crippen LogP contribution in [0, 0.1) is 0 Å². The molecule has 1 atom stereocenters. The van der Waals surface area contributed by atoms with Gasteiger partial charge in [0.1, 0.15) is 11.5 Å². The maximum absolute atomic E-state index is 13.0. The molecule has 0 aliphatic carbocycles. The third-order valence-corrected chi connectivity index (χ3v) is 7.11. The number of rotatable bonds is 8. The summed E-state index contributed by atoms with van der Waals surface area (Å²) in [6.07, 6.45) is 0.827. The highest BCUT2D eigenvalue weighted by molar-refractivity contribution is 7.89. The van der Waals surface area contributed by atoms with Crippen molar-refractivity contribution in [3.63, 3.8) is 0 Å². The first-order valence-electron chi connectivity index (χ1n) is 9.18. The number of ether oxygens (including phenoxy) is 2. The van der Waals surface area contributed by atoms with Crippen LogP contribution >= 0.6 is 11.3 Å². The standard InChI is InChI=1S/C20H24N2O5S2/c1-5-10-22-17-8-7-15(12-19(17)28-20(22)23)29(24,25)21-13(2)16-11-14(26-3)6-9-18(16)27-4/h6-9,11-13,21H,5,10H2,1-4H3/t13-/m1/s1. The summed E-state index contributed by atoms with van der Waals surface area (Å²) >= 11 is 1.05. The molecule has 29 heavy (non-hydrogen) atoms. The Morgan fingerprint density at radius 1 is 1.14 bits per heavy atom. The van der Waals surface area contributed by atoms with Crippen LogP contribution < -0.4 is 19.1 Å². The Labute approximate surface area is 173 Å². The predicted molar refractivity (Wildman–Crippen MR) is 115 cm³/mol. The zero-order chi connectivity index (χ0) is 21.2. The molecule has 0 aliphatic rings. The van der Waals surface area contributed by atoms with Gasteiger partial charge in [0.25, 0.3) is 0 Å². The molecule has 7 nitrogen and oxygen atoms in total. The largest absolute Gasteiger partial charge is 0.497 e. The van der Waals surface area contributed by atoms with E-state index in [0.29, 0.717) is 28.3 Å². The fourth-order valence-corrected chi connectivity index (χ4v) is 5.47. The van der Waals surface area contributed by atoms with Gasteiger partial charge in [-0.3, -0.25) is 9.36 Å². The molecular formula is C20H24N2O5S2. The van der Waals surface area contributed by atoms with Crippen LogP contribution in [-0.2, 0) is 16.6 Å². The highest BCUT2D eigenvalue weighted by Crippen LogP contribution is 2.30. The SMILES string of the molecule is CCCn1c(=O)sc2cc(S(=O)(=O)N[C@H](C)c3cc(OC)ccc3OC)ccc21. The van der Waals surface area contributed by atoms with Crippen LogP contribution in [0.2, 0.25) is 0 Å². The minimum atomic E-state index is -3.81. The Balaban J connectivity index is 1.94. The highest BCUT2D eigenvalue weighted by atomic mass is 32.2. The van der Waals surface area contributed by atoms with Crippen molar-refractivity contribution in [3.05, 3.63) is 51.6 Å². The van der Waals surface area contributed by atoms with Crippen LogP contribution in [0.3, 0.4) is 0 Å². The van der Waals surface area contributed by atoms with E-state index in [9.17, 15) is 13.2 Å². The summed E-state index contributed by atoms with van der Waals surface area (Å²) in [5.41, 5.74) is 1.42. The number of thiazole rings is 1. The van der Waals surface area contributed by atoms with Crippen molar-refractivity contribution in [2.24, 2.45) is 0 Å². The smallest absolute Gasteiger partial charge is 0.308 e. The minimum Gasteiger partial charge on any atom is -0.497 e. The second-order valence-electron chi connectivity index (χ2n) is 6.60. The average Bonchev–Trinajstić information content (AvgIpc) is 3.02. The Hall–Kier alpha value is -2.36. The van der Waals surface area contributed by atoms with Crippen LogP contribution in [-0.4, -0.2) is 27.2 Å². The van der Waals surface area contributed by atoms with Gasteiger partial charge in [-0.15, -0.1) is 0 Å². The number of sulfonamides is 1. The third-order valence-electron chi connectivity index (χ3n) is 4.63. The lowest BCUT2D eigenvalue weighted by atomic mass is 10.1. The topological polar surface area (TPSA) is 86.6 Å². The third kappa shape index (κ3) is 4.31. The van der Waals surface area contributed by atoms with Crippen LogP contribution in [0.5, 0.6) is 11.5 Å². The van der Waals surface area contributed by atoms with E-state index < -0.39 is 16.1 Å². The van der Waals surface area contributed by atoms with E-state index in [4.69, 9.17) is 9.47 Å². The molecule has 0 radical (unpaired) electrons. The molecule has 0 saturated heterocycles. The van der Waals surface area contributed by atoms with Gasteiger partial charge in [0.2, 0.25) is 10.0 Å². The predicted octanol–water partition coefficient (Wildman–Crippen LogP) is 3.53. The van der Waals surface area contributed by atoms with Gasteiger partial charge < -0.3 is 9.47 Å². The molecule has 0 aliphatic heterocycles. The fraction of sp³-hybridized carbons (Fsp3) is 0.350. The quantitative estimate of drug-likeness (QED) is 0.584. The Morgan fingerprint density at radius 3 is 2.55 bits per heavy atom. The number of aromatic nitrogens is 1. The second-order valence-corrected chi connectivity index (χ2v) is 9.31. The van der Waals surface area contributed by atoms with E-state index in [0.717, 1.165) is 23.3 Å². The summed E-state index contributed by atoms with van der Waals surface area (Å²) in [6, 6.07) is 9.44. The van der Waals surface area contributed by atoms with Gasteiger partial charge in [0, 0.05) is 18.2 Å². The van der Waals surface area contributed by atoms with E-state index in [2.05, 4.69) is 4.72 Å². The zero-order valence-corrected chi connectivity index (χ0v) is 18.4. The monoisotopic (exact) mass is 436 g/mol. The van der Waals surface area contributed by atoms with Gasteiger partial charge in [0.05, 0.1) is 29.3 Å². The summed E-state index contributed by atoms with van der Waals surface area (Å²) < 4.78 is 41.5. The van der Waals surface area contributed by atoms with E-state index >= 15 is 0 Å². The summed E-state index contributed by atoms with van der Waals surface area (Å²) in [4.78, 5) is 12.2. The number of fused-ring (bicyclic) bond motifs is 1. The Bertz CT molecular complexity index is 1180. The normalized spacial score (nSPS) is 12.8. The van der Waals surface area contributed by atoms with Crippen molar-refractivity contribution in [2.45, 2.75) is 37.8 Å². The molecular weight excluding hydrogens is 412 g/mol. The van der Waals surface area contributed by atoms with Crippen LogP contribution in [0.25, 0.3) is 10.2 Å². The molecule has 1 aromatic heterocycles. The molecule has 0 bridgehead atoms. The van der Waals surface area contributed by atoms with Gasteiger partial charge in [-0.1, -0.05) is 18.3 Å². The molecule has 0 fully saturated rings. The summed E-state index contributed by atoms with van der Waals surface area (Å²) in [6.45, 7) is 4.34. The summed E-state index contributed by atoms with van der Waals surface area (Å²) in [7, 11) is -0.732. The summed E-state index contributed by atoms with van der Waals surface area (Å²) in [5, 5.41) is 0. The number of hydrogen-bond donors (Lipinski definition) is 1. The van der Waals surface area contributed by atoms with Gasteiger partial charge in [-0.2, -0.15) is 0 Å². The Kier molecular flexibility index (Phi) is 6.30. The lowest BCUT2D eigenvalue weighted by molar-refractivity contribution is 0.395. The number of methoxy groups -OCH3 is 2. The van der Waals surface area contributed by atoms with E-state index in [1.54, 1.807) is 48.9 Å². The molecule has 0 spiro atoms. The molecule has 156 valence electrons. The lowest BCUT2D eigenvalue weighted by Crippen LogP contribution is -2.27. The number of hydrogen-bond acceptors (Lipinski definition) is 6. The molecule has 1 N–H and O–H groups in total. The minimum absolute atomic E-state index is 0.0844. The van der Waals surface area contributed by atoms with Crippen LogP contribution in [0.1, 0.15) is 31.9 Å². The lowest BCUT2D eigenvalue weighted by Gasteiger charge is -2.18. The van der Waals surface area contributed by atoms with Crippen molar-refractivity contribution in [2.75, 3.05) is 14.2 Å². The van der Waals surface area contributed by atoms with Gasteiger partial charge in [-0.05, 0) is 49.7 Å². The first-order chi connectivity index (χ1) is 13.8. The Morgan fingerprint density at radius 2 is 1.90 bits per heavy atom. The number of nitrogens with one attached hydrogen (secondary N) is 1. The van der Waals surface area contributed by atoms with Crippen LogP contribution in [0.4, 0.5) is 0 Å². The first-order valence-corrected chi connectivity index (χ1v) is 11.5. The molecule has 0 amide bonds. The van der Waals surface area contributed by atoms with E-state index in [1.165, 1.54) is 13.2 Å². The van der Waals surface area contributed by atoms with Crippen molar-refractivity contribution < 1.29 is 17.9 Å². The van der Waals surface area contributed by atoms with Crippen molar-refractivity contribution in [1.29, 1.82) is 0 Å². The molecule has 9 heteroatoms. The molecule has 2 aromatic carbocycles. The number of benzene rings is 2. The van der Waals surface area contributed by atoms with E-state index in [-0.39, 0.29) is 9.77 Å². The molecule has 3 aromatic rings. The van der Waals surface area contributed by atoms with Crippen molar-refractivity contribution in [3.8, 4) is 11.5 Å². The van der Waals surface area contributed by atoms with E-state index in [1.807, 2.05) is 6.92 Å². The van der Waals surface area contributed by atoms with Gasteiger partial charge >= 0.3 is 4.87 Å². The highest BCUT2D eigenvalue weighted by Gasteiger charge is 2.22. The molecule has 0 saturated carbocycles. The molecule has 3 rings (SSSR count). The van der Waals surface area contributed by atoms with Crippen molar-refractivity contribution >= 4 is 31.6 Å². The maximum Gasteiger partial charge on any atom is 0.308 e. The maximum atomic E-state index is 13.0. The number of aryl methyl sites for hydroxylation is 1. The van der Waals surface area contributed by atoms with Gasteiger partial charge in [0.15, 0.2) is 0 Å². The number of nitrogens with zero attached hydrogens (tertiary/aromatic N) is 1. The van der Waals surface area contributed by atoms with Crippen LogP contribution in [0.15, 0.2) is 46.1 Å². The van der Waals surface area contributed by atoms with Gasteiger partial charge in [-0.25, -0.2) is 13.1 Å². The fourth-order valence-electron chi connectivity index (χ4n) is 3.19. The second kappa shape index (κ2) is 8.56. The average molecular weight is 437 g/mol.